The van der Waals surface area contributed by atoms with Crippen LogP contribution in [0.3, 0.4) is 0 Å². The van der Waals surface area contributed by atoms with Gasteiger partial charge in [-0.05, 0) is 69.2 Å². The maximum absolute atomic E-state index is 12.6. The lowest BCUT2D eigenvalue weighted by Crippen LogP contribution is -2.56. The minimum atomic E-state index is -1.05. The Kier molecular flexibility index (Phi) is 6.68. The molecule has 0 aliphatic rings. The fraction of sp³-hybridized carbons (Fsp3) is 0.300. The molecule has 0 bridgehead atoms. The zero-order chi connectivity index (χ0) is 19.3. The second-order valence-electron chi connectivity index (χ2n) is 6.79. The summed E-state index contributed by atoms with van der Waals surface area (Å²) in [7, 11) is 0. The summed E-state index contributed by atoms with van der Waals surface area (Å²) in [6.07, 6.45) is 0.671. The molecule has 0 aliphatic carbocycles. The van der Waals surface area contributed by atoms with Gasteiger partial charge in [-0.15, -0.1) is 0 Å². The summed E-state index contributed by atoms with van der Waals surface area (Å²) in [6, 6.07) is 13.9. The van der Waals surface area contributed by atoms with E-state index in [9.17, 15) is 9.59 Å². The van der Waals surface area contributed by atoms with Crippen LogP contribution in [-0.4, -0.2) is 23.4 Å². The van der Waals surface area contributed by atoms with Crippen LogP contribution in [0.4, 0.5) is 0 Å². The maximum atomic E-state index is 12.6. The third-order valence-corrected chi connectivity index (χ3v) is 4.44. The molecule has 26 heavy (non-hydrogen) atoms. The van der Waals surface area contributed by atoms with E-state index in [1.165, 1.54) is 0 Å². The van der Waals surface area contributed by atoms with Crippen LogP contribution in [0.5, 0.6) is 0 Å². The summed E-state index contributed by atoms with van der Waals surface area (Å²) in [5.41, 5.74) is 0.472. The van der Waals surface area contributed by atoms with Crippen molar-refractivity contribution in [1.29, 1.82) is 0 Å². The van der Waals surface area contributed by atoms with Crippen molar-refractivity contribution in [2.45, 2.75) is 38.8 Å². The van der Waals surface area contributed by atoms with Crippen LogP contribution in [0.2, 0.25) is 10.0 Å². The highest BCUT2D eigenvalue weighted by Crippen LogP contribution is 2.13. The highest BCUT2D eigenvalue weighted by molar-refractivity contribution is 6.30. The first-order valence-corrected chi connectivity index (χ1v) is 9.06. The van der Waals surface area contributed by atoms with Crippen molar-refractivity contribution in [3.8, 4) is 0 Å². The largest absolute Gasteiger partial charge is 0.351 e. The molecule has 0 spiro atoms. The lowest BCUT2D eigenvalue weighted by atomic mass is 10.0. The van der Waals surface area contributed by atoms with Gasteiger partial charge in [0.25, 0.3) is 5.91 Å². The number of carbonyl (C=O) groups excluding carboxylic acids is 2. The maximum Gasteiger partial charge on any atom is 0.252 e. The third-order valence-electron chi connectivity index (χ3n) is 3.93. The molecule has 138 valence electrons. The van der Waals surface area contributed by atoms with Crippen LogP contribution in [0.1, 0.15) is 36.7 Å². The average Bonchev–Trinajstić information content (AvgIpc) is 2.57. The van der Waals surface area contributed by atoms with Gasteiger partial charge in [-0.1, -0.05) is 35.3 Å². The van der Waals surface area contributed by atoms with Crippen LogP contribution >= 0.6 is 23.2 Å². The Labute approximate surface area is 163 Å². The normalized spacial score (nSPS) is 12.3. The predicted molar refractivity (Wildman–Crippen MR) is 106 cm³/mol. The topological polar surface area (TPSA) is 58.2 Å². The first kappa shape index (κ1) is 20.3. The zero-order valence-electron chi connectivity index (χ0n) is 15.0. The van der Waals surface area contributed by atoms with Crippen LogP contribution in [0, 0.1) is 0 Å². The van der Waals surface area contributed by atoms with Crippen molar-refractivity contribution in [3.63, 3.8) is 0 Å². The molecular weight excluding hydrogens is 371 g/mol. The van der Waals surface area contributed by atoms with E-state index >= 15 is 0 Å². The van der Waals surface area contributed by atoms with Crippen LogP contribution in [0.15, 0.2) is 48.5 Å². The molecule has 4 nitrogen and oxygen atoms in total. The monoisotopic (exact) mass is 392 g/mol. The second kappa shape index (κ2) is 8.56. The van der Waals surface area contributed by atoms with Crippen molar-refractivity contribution in [2.24, 2.45) is 0 Å². The summed E-state index contributed by atoms with van der Waals surface area (Å²) < 4.78 is 0. The fourth-order valence-corrected chi connectivity index (χ4v) is 2.70. The Morgan fingerprint density at radius 1 is 0.962 bits per heavy atom. The number of rotatable bonds is 6. The van der Waals surface area contributed by atoms with E-state index < -0.39 is 5.54 Å². The molecule has 0 radical (unpaired) electrons. The summed E-state index contributed by atoms with van der Waals surface area (Å²) in [6.45, 7) is 5.26. The Morgan fingerprint density at radius 2 is 1.46 bits per heavy atom. The first-order valence-electron chi connectivity index (χ1n) is 8.31. The van der Waals surface area contributed by atoms with E-state index in [2.05, 4.69) is 10.6 Å². The number of carbonyl (C=O) groups is 2. The van der Waals surface area contributed by atoms with Crippen LogP contribution in [-0.2, 0) is 11.2 Å². The molecule has 1 atom stereocenters. The van der Waals surface area contributed by atoms with Crippen molar-refractivity contribution in [1.82, 2.24) is 10.6 Å². The van der Waals surface area contributed by atoms with E-state index in [-0.39, 0.29) is 17.9 Å². The molecule has 2 rings (SSSR count). The molecule has 0 aliphatic heterocycles. The van der Waals surface area contributed by atoms with Gasteiger partial charge in [0, 0.05) is 21.7 Å². The lowest BCUT2D eigenvalue weighted by Gasteiger charge is -2.27. The number of hydrogen-bond acceptors (Lipinski definition) is 2. The summed E-state index contributed by atoms with van der Waals surface area (Å²) in [4.78, 5) is 24.9. The Hall–Kier alpha value is -2.04. The van der Waals surface area contributed by atoms with Crippen molar-refractivity contribution in [2.75, 3.05) is 0 Å². The summed E-state index contributed by atoms with van der Waals surface area (Å²) in [5.74, 6) is -0.576. The van der Waals surface area contributed by atoms with Gasteiger partial charge in [0.05, 0.1) is 0 Å². The van der Waals surface area contributed by atoms with Gasteiger partial charge in [0.2, 0.25) is 5.91 Å². The fourth-order valence-electron chi connectivity index (χ4n) is 2.44. The summed E-state index contributed by atoms with van der Waals surface area (Å²) in [5, 5.41) is 6.93. The van der Waals surface area contributed by atoms with E-state index in [1.807, 2.05) is 31.2 Å². The lowest BCUT2D eigenvalue weighted by molar-refractivity contribution is -0.126. The molecule has 0 unspecified atom stereocenters. The van der Waals surface area contributed by atoms with Gasteiger partial charge in [0.1, 0.15) is 5.54 Å². The quantitative estimate of drug-likeness (QED) is 0.771. The predicted octanol–water partition coefficient (Wildman–Crippen LogP) is 4.25. The summed E-state index contributed by atoms with van der Waals surface area (Å²) >= 11 is 11.7. The molecular formula is C20H22Cl2N2O2. The van der Waals surface area contributed by atoms with E-state index in [1.54, 1.807) is 38.1 Å². The smallest absolute Gasteiger partial charge is 0.252 e. The standard InChI is InChI=1S/C20H22Cl2N2O2/c1-13(12-14-4-8-16(21)9-5-14)23-19(26)20(2,3)24-18(25)15-6-10-17(22)11-7-15/h4-11,13H,12H2,1-3H3,(H,23,26)(H,24,25)/t13-/m1/s1. The Bertz CT molecular complexity index is 771. The minimum absolute atomic E-state index is 0.0876. The highest BCUT2D eigenvalue weighted by Gasteiger charge is 2.30. The second-order valence-corrected chi connectivity index (χ2v) is 7.66. The number of amides is 2. The highest BCUT2D eigenvalue weighted by atomic mass is 35.5. The molecule has 6 heteroatoms. The SMILES string of the molecule is C[C@H](Cc1ccc(Cl)cc1)NC(=O)C(C)(C)NC(=O)c1ccc(Cl)cc1. The molecule has 0 fully saturated rings. The van der Waals surface area contributed by atoms with E-state index in [4.69, 9.17) is 23.2 Å². The molecule has 0 aromatic heterocycles. The molecule has 0 saturated carbocycles. The van der Waals surface area contributed by atoms with Gasteiger partial charge in [-0.25, -0.2) is 0 Å². The van der Waals surface area contributed by atoms with Crippen molar-refractivity contribution >= 4 is 35.0 Å². The van der Waals surface area contributed by atoms with E-state index in [0.29, 0.717) is 22.0 Å². The first-order chi connectivity index (χ1) is 12.2. The minimum Gasteiger partial charge on any atom is -0.351 e. The van der Waals surface area contributed by atoms with Gasteiger partial charge in [0.15, 0.2) is 0 Å². The Morgan fingerprint density at radius 3 is 2.00 bits per heavy atom. The molecule has 2 aromatic carbocycles. The third kappa shape index (κ3) is 5.75. The number of halogens is 2. The Balaban J connectivity index is 1.94. The van der Waals surface area contributed by atoms with E-state index in [0.717, 1.165) is 5.56 Å². The van der Waals surface area contributed by atoms with Crippen LogP contribution < -0.4 is 10.6 Å². The van der Waals surface area contributed by atoms with Gasteiger partial charge in [-0.3, -0.25) is 9.59 Å². The molecule has 2 amide bonds. The molecule has 0 heterocycles. The van der Waals surface area contributed by atoms with Gasteiger partial charge in [-0.2, -0.15) is 0 Å². The van der Waals surface area contributed by atoms with Gasteiger partial charge < -0.3 is 10.6 Å². The number of nitrogens with one attached hydrogen (secondary N) is 2. The molecule has 2 N–H and O–H groups in total. The number of hydrogen-bond donors (Lipinski definition) is 2. The average molecular weight is 393 g/mol. The van der Waals surface area contributed by atoms with Crippen LogP contribution in [0.25, 0.3) is 0 Å². The number of benzene rings is 2. The van der Waals surface area contributed by atoms with Crippen molar-refractivity contribution in [3.05, 3.63) is 69.7 Å². The van der Waals surface area contributed by atoms with Gasteiger partial charge >= 0.3 is 0 Å². The molecule has 2 aromatic rings. The molecule has 0 saturated heterocycles. The van der Waals surface area contributed by atoms with Crippen molar-refractivity contribution < 1.29 is 9.59 Å². The zero-order valence-corrected chi connectivity index (χ0v) is 16.5.